The Morgan fingerprint density at radius 3 is 2.73 bits per heavy atom. The second kappa shape index (κ2) is 10.6. The van der Waals surface area contributed by atoms with Gasteiger partial charge in [0, 0.05) is 19.3 Å². The zero-order chi connectivity index (χ0) is 29.7. The van der Waals surface area contributed by atoms with Gasteiger partial charge in [-0.05, 0) is 55.5 Å². The first kappa shape index (κ1) is 28.8. The average molecular weight is 607 g/mol. The lowest BCUT2D eigenvalue weighted by Gasteiger charge is -2.34. The number of aliphatic carboxylic acids is 1. The molecule has 0 aliphatic carbocycles. The average Bonchev–Trinajstić information content (AvgIpc) is 3.40. The lowest BCUT2D eigenvalue weighted by Crippen LogP contribution is -2.43. The molecule has 1 saturated heterocycles. The maximum absolute atomic E-state index is 13.6. The van der Waals surface area contributed by atoms with Gasteiger partial charge < -0.3 is 15.5 Å². The predicted octanol–water partition coefficient (Wildman–Crippen LogP) is 3.25. The van der Waals surface area contributed by atoms with Crippen molar-refractivity contribution < 1.29 is 32.5 Å². The number of rotatable bonds is 8. The van der Waals surface area contributed by atoms with Crippen LogP contribution in [-0.4, -0.2) is 66.0 Å². The minimum absolute atomic E-state index is 0.0289. The zero-order valence-corrected chi connectivity index (χ0v) is 23.8. The molecule has 220 valence electrons. The summed E-state index contributed by atoms with van der Waals surface area (Å²) in [5, 5.41) is 23.6. The molecule has 3 aromatic rings. The smallest absolute Gasteiger partial charge is 0.322 e. The highest BCUT2D eigenvalue weighted by atomic mass is 32.3. The Balaban J connectivity index is 1.52. The van der Waals surface area contributed by atoms with Crippen molar-refractivity contribution in [3.05, 3.63) is 52.4 Å². The van der Waals surface area contributed by atoms with Gasteiger partial charge in [0.2, 0.25) is 0 Å². The maximum Gasteiger partial charge on any atom is 0.322 e. The van der Waals surface area contributed by atoms with Crippen LogP contribution in [0.25, 0.3) is 11.0 Å². The zero-order valence-electron chi connectivity index (χ0n) is 22.2. The van der Waals surface area contributed by atoms with Crippen LogP contribution in [0.4, 0.5) is 11.4 Å². The summed E-state index contributed by atoms with van der Waals surface area (Å²) in [6.07, 6.45) is 2.73. The third kappa shape index (κ3) is 5.36. The number of aromatic nitrogens is 2. The standard InChI is InChI=1S/C25H30N6O8S2/c1-14(2)9-12-30-23-16(5-3-10-26-23)21(32)20(24(30)33)22-27-17-8-7-15(13-19(17)40(36,37)29-22)28-41(38,39)31-11-4-6-18(31)25(34)35/h3,5,7-8,10,13-14,18,28,32,36-37H,4,6,9,11-12H2,1-2H3,(H,27,29)(H,34,35)/t18-/m0/s1. The monoisotopic (exact) mass is 606 g/mol. The number of pyridine rings is 2. The first-order valence-corrected chi connectivity index (χ1v) is 15.8. The third-order valence-corrected chi connectivity index (χ3v) is 9.87. The van der Waals surface area contributed by atoms with E-state index in [2.05, 4.69) is 19.4 Å². The van der Waals surface area contributed by atoms with Crippen LogP contribution in [0.15, 0.2) is 50.6 Å². The molecule has 4 heterocycles. The third-order valence-electron chi connectivity index (χ3n) is 6.95. The highest BCUT2D eigenvalue weighted by Gasteiger charge is 2.39. The van der Waals surface area contributed by atoms with Crippen molar-refractivity contribution >= 4 is 55.2 Å². The van der Waals surface area contributed by atoms with Crippen LogP contribution >= 0.6 is 10.8 Å². The molecule has 1 fully saturated rings. The molecule has 6 N–H and O–H groups in total. The predicted molar refractivity (Wildman–Crippen MR) is 155 cm³/mol. The van der Waals surface area contributed by atoms with Gasteiger partial charge in [-0.15, -0.1) is 4.40 Å². The topological polar surface area (TPSA) is 207 Å². The van der Waals surface area contributed by atoms with E-state index in [0.717, 1.165) is 4.31 Å². The molecule has 2 aromatic heterocycles. The number of nitrogens with zero attached hydrogens (tertiary/aromatic N) is 4. The molecule has 0 radical (unpaired) electrons. The number of aromatic hydroxyl groups is 1. The molecular weight excluding hydrogens is 576 g/mol. The van der Waals surface area contributed by atoms with Gasteiger partial charge in [0.25, 0.3) is 5.56 Å². The van der Waals surface area contributed by atoms with Crippen molar-refractivity contribution in [1.82, 2.24) is 13.9 Å². The van der Waals surface area contributed by atoms with Crippen LogP contribution in [0.2, 0.25) is 0 Å². The van der Waals surface area contributed by atoms with Crippen molar-refractivity contribution in [2.24, 2.45) is 10.3 Å². The summed E-state index contributed by atoms with van der Waals surface area (Å²) in [4.78, 5) is 29.2. The molecule has 2 aliphatic rings. The first-order chi connectivity index (χ1) is 19.3. The van der Waals surface area contributed by atoms with Crippen LogP contribution in [0.5, 0.6) is 5.75 Å². The summed E-state index contributed by atoms with van der Waals surface area (Å²) in [7, 11) is -8.24. The van der Waals surface area contributed by atoms with E-state index in [9.17, 15) is 37.3 Å². The minimum Gasteiger partial charge on any atom is -0.506 e. The normalized spacial score (nSPS) is 19.4. The van der Waals surface area contributed by atoms with Crippen LogP contribution in [0, 0.1) is 5.92 Å². The molecule has 16 heteroatoms. The highest BCUT2D eigenvalue weighted by Crippen LogP contribution is 2.56. The molecule has 0 spiro atoms. The van der Waals surface area contributed by atoms with E-state index in [0.29, 0.717) is 19.4 Å². The van der Waals surface area contributed by atoms with Gasteiger partial charge in [-0.2, -0.15) is 12.7 Å². The summed E-state index contributed by atoms with van der Waals surface area (Å²) in [5.74, 6) is -1.67. The molecule has 14 nitrogen and oxygen atoms in total. The molecule has 0 bridgehead atoms. The number of carboxylic acids is 1. The SMILES string of the molecule is CC(C)CCn1c(=O)c(C2=NS(O)(O)c3cc(NS(=O)(=O)N4CCC[C@H]4C(=O)O)ccc3N2)c(O)c2cccnc21. The van der Waals surface area contributed by atoms with Crippen molar-refractivity contribution in [3.8, 4) is 5.75 Å². The van der Waals surface area contributed by atoms with Crippen molar-refractivity contribution in [3.63, 3.8) is 0 Å². The van der Waals surface area contributed by atoms with Gasteiger partial charge in [0.15, 0.2) is 5.84 Å². The Hall–Kier alpha value is -3.70. The van der Waals surface area contributed by atoms with Gasteiger partial charge in [-0.3, -0.25) is 28.0 Å². The van der Waals surface area contributed by atoms with E-state index in [1.807, 2.05) is 13.8 Å². The first-order valence-electron chi connectivity index (χ1n) is 12.8. The molecule has 0 unspecified atom stereocenters. The number of hydrogen-bond acceptors (Lipinski definition) is 10. The number of carbonyl (C=O) groups is 1. The van der Waals surface area contributed by atoms with E-state index in [-0.39, 0.29) is 57.6 Å². The number of benzene rings is 1. The van der Waals surface area contributed by atoms with Crippen LogP contribution in [0.1, 0.15) is 38.7 Å². The van der Waals surface area contributed by atoms with Crippen molar-refractivity contribution in [2.45, 2.75) is 50.6 Å². The molecule has 1 atom stereocenters. The largest absolute Gasteiger partial charge is 0.506 e. The Bertz CT molecular complexity index is 1740. The summed E-state index contributed by atoms with van der Waals surface area (Å²) < 4.78 is 56.3. The number of aryl methyl sites for hydroxylation is 1. The molecule has 0 saturated carbocycles. The number of fused-ring (bicyclic) bond motifs is 2. The Kier molecular flexibility index (Phi) is 7.46. The second-order valence-electron chi connectivity index (χ2n) is 10.2. The molecule has 2 aliphatic heterocycles. The summed E-state index contributed by atoms with van der Waals surface area (Å²) >= 11 is 0. The summed E-state index contributed by atoms with van der Waals surface area (Å²) in [6.45, 7) is 4.34. The van der Waals surface area contributed by atoms with E-state index in [4.69, 9.17) is 0 Å². The number of carboxylic acid groups (broad SMARTS) is 1. The number of nitrogens with one attached hydrogen (secondary N) is 2. The van der Waals surface area contributed by atoms with Crippen LogP contribution in [-0.2, 0) is 21.5 Å². The maximum atomic E-state index is 13.6. The molecule has 5 rings (SSSR count). The highest BCUT2D eigenvalue weighted by molar-refractivity contribution is 8.23. The van der Waals surface area contributed by atoms with Crippen molar-refractivity contribution in [1.29, 1.82) is 0 Å². The number of anilines is 2. The van der Waals surface area contributed by atoms with Crippen molar-refractivity contribution in [2.75, 3.05) is 16.6 Å². The summed E-state index contributed by atoms with van der Waals surface area (Å²) in [6, 6.07) is 5.88. The number of hydrogen-bond donors (Lipinski definition) is 6. The van der Waals surface area contributed by atoms with Gasteiger partial charge in [-0.25, -0.2) is 4.98 Å². The van der Waals surface area contributed by atoms with Gasteiger partial charge in [0.05, 0.1) is 16.8 Å². The molecule has 0 amide bonds. The van der Waals surface area contributed by atoms with Gasteiger partial charge in [0.1, 0.15) is 27.9 Å². The fourth-order valence-corrected chi connectivity index (χ4v) is 7.54. The fourth-order valence-electron chi connectivity index (χ4n) is 4.91. The lowest BCUT2D eigenvalue weighted by molar-refractivity contribution is -0.140. The van der Waals surface area contributed by atoms with Crippen LogP contribution < -0.4 is 15.6 Å². The second-order valence-corrected chi connectivity index (χ2v) is 13.5. The lowest BCUT2D eigenvalue weighted by atomic mass is 10.1. The minimum atomic E-state index is -4.26. The summed E-state index contributed by atoms with van der Waals surface area (Å²) in [5.41, 5.74) is -0.527. The quantitative estimate of drug-likeness (QED) is 0.221. The van der Waals surface area contributed by atoms with E-state index >= 15 is 0 Å². The van der Waals surface area contributed by atoms with Gasteiger partial charge >= 0.3 is 16.2 Å². The molecule has 41 heavy (non-hydrogen) atoms. The van der Waals surface area contributed by atoms with E-state index in [1.54, 1.807) is 12.1 Å². The van der Waals surface area contributed by atoms with E-state index in [1.165, 1.54) is 29.0 Å². The Morgan fingerprint density at radius 1 is 1.27 bits per heavy atom. The molecular formula is C25H30N6O8S2. The Labute approximate surface area is 237 Å². The fraction of sp³-hybridized carbons (Fsp3) is 0.360. The Morgan fingerprint density at radius 2 is 2.02 bits per heavy atom. The van der Waals surface area contributed by atoms with E-state index < -0.39 is 44.3 Å². The van der Waals surface area contributed by atoms with Crippen LogP contribution in [0.3, 0.4) is 0 Å². The molecule has 1 aromatic carbocycles. The number of amidine groups is 1. The van der Waals surface area contributed by atoms with Gasteiger partial charge in [-0.1, -0.05) is 24.6 Å².